The number of halogens is 3. The largest absolute Gasteiger partial charge is 0.416 e. The van der Waals surface area contributed by atoms with Crippen LogP contribution < -0.4 is 0 Å². The van der Waals surface area contributed by atoms with Crippen molar-refractivity contribution in [3.05, 3.63) is 35.4 Å². The van der Waals surface area contributed by atoms with Crippen LogP contribution in [0.1, 0.15) is 23.5 Å². The molecule has 2 rings (SSSR count). The molecular formula is C11H7F3O3. The van der Waals surface area contributed by atoms with Crippen molar-refractivity contribution >= 4 is 11.9 Å². The number of carbonyl (C=O) groups excluding carboxylic acids is 2. The standard InChI is InChI=1S/C11H7F3O3/c12-11(13,14)7-3-1-2-6(4-7)8-5-9(15)17-10(8)16/h1-4,8H,5H2. The summed E-state index contributed by atoms with van der Waals surface area (Å²) in [5, 5.41) is 0. The molecule has 1 aliphatic rings. The predicted molar refractivity (Wildman–Crippen MR) is 49.9 cm³/mol. The fourth-order valence-corrected chi connectivity index (χ4v) is 1.66. The molecule has 1 atom stereocenters. The Morgan fingerprint density at radius 2 is 1.94 bits per heavy atom. The second-order valence-corrected chi connectivity index (χ2v) is 3.67. The van der Waals surface area contributed by atoms with Gasteiger partial charge in [0.2, 0.25) is 0 Å². The van der Waals surface area contributed by atoms with Crippen molar-refractivity contribution in [3.63, 3.8) is 0 Å². The lowest BCUT2D eigenvalue weighted by Crippen LogP contribution is -2.09. The molecule has 0 saturated carbocycles. The van der Waals surface area contributed by atoms with E-state index in [0.29, 0.717) is 0 Å². The van der Waals surface area contributed by atoms with E-state index in [1.807, 2.05) is 0 Å². The van der Waals surface area contributed by atoms with Gasteiger partial charge in [0.15, 0.2) is 0 Å². The molecule has 17 heavy (non-hydrogen) atoms. The molecule has 0 aromatic heterocycles. The van der Waals surface area contributed by atoms with Crippen molar-refractivity contribution in [1.82, 2.24) is 0 Å². The van der Waals surface area contributed by atoms with Gasteiger partial charge in [-0.25, -0.2) is 0 Å². The third-order valence-corrected chi connectivity index (χ3v) is 2.49. The van der Waals surface area contributed by atoms with E-state index in [0.717, 1.165) is 12.1 Å². The Kier molecular flexibility index (Phi) is 2.65. The molecule has 0 bridgehead atoms. The van der Waals surface area contributed by atoms with E-state index in [1.54, 1.807) is 0 Å². The van der Waals surface area contributed by atoms with Crippen molar-refractivity contribution in [3.8, 4) is 0 Å². The molecule has 0 aliphatic carbocycles. The lowest BCUT2D eigenvalue weighted by Gasteiger charge is -2.10. The van der Waals surface area contributed by atoms with Crippen molar-refractivity contribution in [2.75, 3.05) is 0 Å². The normalized spacial score (nSPS) is 20.5. The number of hydrogen-bond donors (Lipinski definition) is 0. The van der Waals surface area contributed by atoms with Gasteiger partial charge in [0.05, 0.1) is 17.9 Å². The SMILES string of the molecule is O=C1CC(c2cccc(C(F)(F)F)c2)C(=O)O1. The second kappa shape index (κ2) is 3.87. The maximum absolute atomic E-state index is 12.4. The van der Waals surface area contributed by atoms with Gasteiger partial charge in [-0.1, -0.05) is 18.2 Å². The van der Waals surface area contributed by atoms with Crippen molar-refractivity contribution in [2.24, 2.45) is 0 Å². The van der Waals surface area contributed by atoms with Crippen LogP contribution in [0.2, 0.25) is 0 Å². The summed E-state index contributed by atoms with van der Waals surface area (Å²) >= 11 is 0. The molecule has 1 aromatic rings. The summed E-state index contributed by atoms with van der Waals surface area (Å²) in [6.07, 6.45) is -4.68. The second-order valence-electron chi connectivity index (χ2n) is 3.67. The molecular weight excluding hydrogens is 237 g/mol. The number of carbonyl (C=O) groups is 2. The van der Waals surface area contributed by atoms with E-state index in [2.05, 4.69) is 4.74 Å². The van der Waals surface area contributed by atoms with Crippen LogP contribution in [0.3, 0.4) is 0 Å². The van der Waals surface area contributed by atoms with Gasteiger partial charge >= 0.3 is 18.1 Å². The highest BCUT2D eigenvalue weighted by Gasteiger charge is 2.36. The van der Waals surface area contributed by atoms with Crippen molar-refractivity contribution in [2.45, 2.75) is 18.5 Å². The van der Waals surface area contributed by atoms with Gasteiger partial charge in [-0.15, -0.1) is 0 Å². The summed E-state index contributed by atoms with van der Waals surface area (Å²) in [7, 11) is 0. The van der Waals surface area contributed by atoms with E-state index in [9.17, 15) is 22.8 Å². The summed E-state index contributed by atoms with van der Waals surface area (Å²) in [5.74, 6) is -2.43. The zero-order valence-electron chi connectivity index (χ0n) is 8.45. The van der Waals surface area contributed by atoms with Crippen LogP contribution in [-0.4, -0.2) is 11.9 Å². The molecule has 0 amide bonds. The highest BCUT2D eigenvalue weighted by Crippen LogP contribution is 2.33. The number of cyclic esters (lactones) is 2. The number of hydrogen-bond acceptors (Lipinski definition) is 3. The van der Waals surface area contributed by atoms with Crippen LogP contribution in [0.5, 0.6) is 0 Å². The molecule has 1 aliphatic heterocycles. The van der Waals surface area contributed by atoms with Crippen LogP contribution in [0.25, 0.3) is 0 Å². The average Bonchev–Trinajstić information content (AvgIpc) is 2.57. The predicted octanol–water partition coefficient (Wildman–Crippen LogP) is 2.26. The average molecular weight is 244 g/mol. The van der Waals surface area contributed by atoms with E-state index in [-0.39, 0.29) is 12.0 Å². The molecule has 1 unspecified atom stereocenters. The van der Waals surface area contributed by atoms with Gasteiger partial charge in [-0.3, -0.25) is 9.59 Å². The minimum absolute atomic E-state index is 0.149. The van der Waals surface area contributed by atoms with Crippen molar-refractivity contribution in [1.29, 1.82) is 0 Å². The van der Waals surface area contributed by atoms with Gasteiger partial charge in [0, 0.05) is 0 Å². The summed E-state index contributed by atoms with van der Waals surface area (Å²) in [6.45, 7) is 0. The van der Waals surface area contributed by atoms with Gasteiger partial charge in [0.1, 0.15) is 0 Å². The number of ether oxygens (including phenoxy) is 1. The Morgan fingerprint density at radius 1 is 1.24 bits per heavy atom. The minimum atomic E-state index is -4.47. The van der Waals surface area contributed by atoms with Crippen LogP contribution in [0.15, 0.2) is 24.3 Å². The molecule has 3 nitrogen and oxygen atoms in total. The topological polar surface area (TPSA) is 43.4 Å². The molecule has 1 fully saturated rings. The third kappa shape index (κ3) is 2.30. The minimum Gasteiger partial charge on any atom is -0.393 e. The molecule has 0 radical (unpaired) electrons. The van der Waals surface area contributed by atoms with E-state index < -0.39 is 29.6 Å². The Balaban J connectivity index is 2.34. The zero-order chi connectivity index (χ0) is 12.6. The lowest BCUT2D eigenvalue weighted by molar-refractivity contribution is -0.152. The number of esters is 2. The van der Waals surface area contributed by atoms with Crippen LogP contribution in [-0.2, 0) is 20.5 Å². The molecule has 90 valence electrons. The molecule has 1 aromatic carbocycles. The fraction of sp³-hybridized carbons (Fsp3) is 0.273. The monoisotopic (exact) mass is 244 g/mol. The lowest BCUT2D eigenvalue weighted by atomic mass is 9.96. The molecule has 0 spiro atoms. The molecule has 1 saturated heterocycles. The van der Waals surface area contributed by atoms with Crippen molar-refractivity contribution < 1.29 is 27.5 Å². The van der Waals surface area contributed by atoms with Gasteiger partial charge in [-0.2, -0.15) is 13.2 Å². The number of benzene rings is 1. The van der Waals surface area contributed by atoms with Gasteiger partial charge < -0.3 is 4.74 Å². The van der Waals surface area contributed by atoms with E-state index >= 15 is 0 Å². The van der Waals surface area contributed by atoms with Crippen LogP contribution >= 0.6 is 0 Å². The summed E-state index contributed by atoms with van der Waals surface area (Å²) < 4.78 is 41.6. The summed E-state index contributed by atoms with van der Waals surface area (Å²) in [4.78, 5) is 22.1. The first-order chi connectivity index (χ1) is 7.88. The van der Waals surface area contributed by atoms with Crippen LogP contribution in [0, 0.1) is 0 Å². The molecule has 1 heterocycles. The first kappa shape index (κ1) is 11.6. The Morgan fingerprint density at radius 3 is 2.47 bits per heavy atom. The summed E-state index contributed by atoms with van der Waals surface area (Å²) in [5.41, 5.74) is -0.696. The Hall–Kier alpha value is -1.85. The first-order valence-corrected chi connectivity index (χ1v) is 4.79. The Bertz CT molecular complexity index is 479. The van der Waals surface area contributed by atoms with E-state index in [1.165, 1.54) is 12.1 Å². The maximum Gasteiger partial charge on any atom is 0.416 e. The first-order valence-electron chi connectivity index (χ1n) is 4.79. The molecule has 0 N–H and O–H groups in total. The van der Waals surface area contributed by atoms with Gasteiger partial charge in [0.25, 0.3) is 0 Å². The Labute approximate surface area is 94.2 Å². The third-order valence-electron chi connectivity index (χ3n) is 2.49. The molecule has 6 heteroatoms. The fourth-order valence-electron chi connectivity index (χ4n) is 1.66. The quantitative estimate of drug-likeness (QED) is 0.562. The summed E-state index contributed by atoms with van der Waals surface area (Å²) in [6, 6.07) is 4.35. The smallest absolute Gasteiger partial charge is 0.393 e. The van der Waals surface area contributed by atoms with Gasteiger partial charge in [-0.05, 0) is 11.6 Å². The maximum atomic E-state index is 12.4. The van der Waals surface area contributed by atoms with E-state index in [4.69, 9.17) is 0 Å². The van der Waals surface area contributed by atoms with Crippen LogP contribution in [0.4, 0.5) is 13.2 Å². The zero-order valence-corrected chi connectivity index (χ0v) is 8.45. The number of rotatable bonds is 1. The highest BCUT2D eigenvalue weighted by molar-refractivity contribution is 5.97. The highest BCUT2D eigenvalue weighted by atomic mass is 19.4. The number of alkyl halides is 3.